The largest absolute Gasteiger partial charge is 0.489 e. The predicted octanol–water partition coefficient (Wildman–Crippen LogP) is 4.33. The SMILES string of the molecule is CN(C)CC(=O)O[C@@H]1c2cc(OCc3ccc4cc(F)ccc4n3)ccc2OC[C@@H]1Oc1cccnc1. The van der Waals surface area contributed by atoms with Gasteiger partial charge in [0.1, 0.15) is 36.3 Å². The van der Waals surface area contributed by atoms with E-state index in [0.29, 0.717) is 34.0 Å². The molecule has 9 heteroatoms. The molecule has 3 heterocycles. The highest BCUT2D eigenvalue weighted by molar-refractivity contribution is 5.78. The fourth-order valence-corrected chi connectivity index (χ4v) is 4.07. The van der Waals surface area contributed by atoms with Crippen molar-refractivity contribution >= 4 is 16.9 Å². The van der Waals surface area contributed by atoms with Gasteiger partial charge in [-0.3, -0.25) is 14.7 Å². The minimum absolute atomic E-state index is 0.125. The van der Waals surface area contributed by atoms with E-state index in [1.165, 1.54) is 12.1 Å². The van der Waals surface area contributed by atoms with Crippen molar-refractivity contribution in [2.24, 2.45) is 0 Å². The summed E-state index contributed by atoms with van der Waals surface area (Å²) >= 11 is 0. The first-order chi connectivity index (χ1) is 17.9. The van der Waals surface area contributed by atoms with Crippen molar-refractivity contribution in [1.29, 1.82) is 0 Å². The van der Waals surface area contributed by atoms with Gasteiger partial charge in [0.05, 0.1) is 24.0 Å². The van der Waals surface area contributed by atoms with Crippen LogP contribution in [0.3, 0.4) is 0 Å². The highest BCUT2D eigenvalue weighted by Gasteiger charge is 2.36. The summed E-state index contributed by atoms with van der Waals surface area (Å²) < 4.78 is 37.4. The van der Waals surface area contributed by atoms with Crippen LogP contribution in [0.15, 0.2) is 73.1 Å². The van der Waals surface area contributed by atoms with E-state index in [0.717, 1.165) is 5.39 Å². The lowest BCUT2D eigenvalue weighted by molar-refractivity contribution is -0.157. The van der Waals surface area contributed by atoms with Crippen LogP contribution in [0.4, 0.5) is 4.39 Å². The smallest absolute Gasteiger partial charge is 0.320 e. The predicted molar refractivity (Wildman–Crippen MR) is 134 cm³/mol. The van der Waals surface area contributed by atoms with Gasteiger partial charge in [-0.15, -0.1) is 0 Å². The lowest BCUT2D eigenvalue weighted by Gasteiger charge is -2.33. The van der Waals surface area contributed by atoms with E-state index < -0.39 is 12.2 Å². The summed E-state index contributed by atoms with van der Waals surface area (Å²) in [5.74, 6) is 1.00. The molecule has 0 bridgehead atoms. The molecule has 2 aromatic carbocycles. The molecular formula is C28H26FN3O5. The van der Waals surface area contributed by atoms with Crippen molar-refractivity contribution in [2.45, 2.75) is 18.8 Å². The molecule has 37 heavy (non-hydrogen) atoms. The Bertz CT molecular complexity index is 1400. The Morgan fingerprint density at radius 3 is 2.81 bits per heavy atom. The Balaban J connectivity index is 1.37. The number of fused-ring (bicyclic) bond motifs is 2. The summed E-state index contributed by atoms with van der Waals surface area (Å²) in [6.45, 7) is 0.525. The molecule has 2 aromatic heterocycles. The number of aromatic nitrogens is 2. The van der Waals surface area contributed by atoms with E-state index in [4.69, 9.17) is 18.9 Å². The number of hydrogen-bond acceptors (Lipinski definition) is 8. The number of nitrogens with zero attached hydrogens (tertiary/aromatic N) is 3. The molecule has 0 N–H and O–H groups in total. The Hall–Kier alpha value is -4.24. The van der Waals surface area contributed by atoms with E-state index >= 15 is 0 Å². The van der Waals surface area contributed by atoms with Gasteiger partial charge in [-0.25, -0.2) is 9.37 Å². The summed E-state index contributed by atoms with van der Waals surface area (Å²) in [7, 11) is 3.60. The van der Waals surface area contributed by atoms with E-state index in [-0.39, 0.29) is 31.5 Å². The van der Waals surface area contributed by atoms with Crippen LogP contribution < -0.4 is 14.2 Å². The van der Waals surface area contributed by atoms with Gasteiger partial charge in [0.25, 0.3) is 0 Å². The second kappa shape index (κ2) is 10.8. The third-order valence-corrected chi connectivity index (χ3v) is 5.75. The van der Waals surface area contributed by atoms with Crippen LogP contribution >= 0.6 is 0 Å². The monoisotopic (exact) mass is 503 g/mol. The summed E-state index contributed by atoms with van der Waals surface area (Å²) in [5, 5.41) is 0.719. The minimum atomic E-state index is -0.714. The summed E-state index contributed by atoms with van der Waals surface area (Å²) in [5.41, 5.74) is 2.02. The standard InChI is InChI=1S/C28H26FN3O5/c1-32(2)15-27(33)37-28-23-13-21(34-16-20-7-5-18-12-19(29)6-9-24(18)31-20)8-10-25(23)35-17-26(28)36-22-4-3-11-30-14-22/h3-14,26,28H,15-17H2,1-2H3/t26-,28+/m0/s1. The van der Waals surface area contributed by atoms with Gasteiger partial charge in [0.2, 0.25) is 0 Å². The van der Waals surface area contributed by atoms with Crippen molar-refractivity contribution in [1.82, 2.24) is 14.9 Å². The summed E-state index contributed by atoms with van der Waals surface area (Å²) in [6, 6.07) is 17.0. The molecule has 0 spiro atoms. The van der Waals surface area contributed by atoms with Crippen LogP contribution in [0.2, 0.25) is 0 Å². The van der Waals surface area contributed by atoms with Gasteiger partial charge in [0, 0.05) is 17.1 Å². The maximum atomic E-state index is 13.5. The Labute approximate surface area is 213 Å². The third kappa shape index (κ3) is 5.95. The second-order valence-electron chi connectivity index (χ2n) is 8.93. The molecule has 0 amide bonds. The molecule has 0 radical (unpaired) electrons. The number of likely N-dealkylation sites (N-methyl/N-ethyl adjacent to an activating group) is 1. The zero-order chi connectivity index (χ0) is 25.8. The number of carbonyl (C=O) groups is 1. The molecule has 8 nitrogen and oxygen atoms in total. The van der Waals surface area contributed by atoms with Gasteiger partial charge in [-0.05, 0) is 68.7 Å². The lowest BCUT2D eigenvalue weighted by Crippen LogP contribution is -2.39. The van der Waals surface area contributed by atoms with Crippen LogP contribution in [0.1, 0.15) is 17.4 Å². The highest BCUT2D eigenvalue weighted by atomic mass is 19.1. The number of esters is 1. The quantitative estimate of drug-likeness (QED) is 0.329. The molecule has 0 fully saturated rings. The van der Waals surface area contributed by atoms with E-state index in [1.807, 2.05) is 6.07 Å². The molecule has 190 valence electrons. The molecule has 1 aliphatic rings. The molecule has 0 unspecified atom stereocenters. The molecule has 4 aromatic rings. The van der Waals surface area contributed by atoms with Crippen molar-refractivity contribution in [3.63, 3.8) is 0 Å². The molecular weight excluding hydrogens is 477 g/mol. The van der Waals surface area contributed by atoms with Crippen LogP contribution in [-0.2, 0) is 16.1 Å². The van der Waals surface area contributed by atoms with Gasteiger partial charge in [-0.2, -0.15) is 0 Å². The summed E-state index contributed by atoms with van der Waals surface area (Å²) in [6.07, 6.45) is 1.95. The van der Waals surface area contributed by atoms with Crippen LogP contribution in [0, 0.1) is 5.82 Å². The number of rotatable bonds is 8. The lowest BCUT2D eigenvalue weighted by atomic mass is 10.00. The van der Waals surface area contributed by atoms with Crippen LogP contribution in [-0.4, -0.2) is 54.2 Å². The molecule has 2 atom stereocenters. The fourth-order valence-electron chi connectivity index (χ4n) is 4.07. The van der Waals surface area contributed by atoms with Gasteiger partial charge in [-0.1, -0.05) is 6.07 Å². The van der Waals surface area contributed by atoms with Crippen molar-refractivity contribution in [3.8, 4) is 17.2 Å². The number of benzene rings is 2. The second-order valence-corrected chi connectivity index (χ2v) is 8.93. The topological polar surface area (TPSA) is 83.0 Å². The van der Waals surface area contributed by atoms with Crippen LogP contribution in [0.25, 0.3) is 10.9 Å². The minimum Gasteiger partial charge on any atom is -0.489 e. The molecule has 0 saturated heterocycles. The number of hydrogen-bond donors (Lipinski definition) is 0. The molecule has 0 aliphatic carbocycles. The Morgan fingerprint density at radius 2 is 2.00 bits per heavy atom. The maximum Gasteiger partial charge on any atom is 0.320 e. The third-order valence-electron chi connectivity index (χ3n) is 5.75. The normalized spacial score (nSPS) is 16.6. The molecule has 0 saturated carbocycles. The number of halogens is 1. The average Bonchev–Trinajstić information content (AvgIpc) is 2.89. The number of carbonyl (C=O) groups excluding carboxylic acids is 1. The summed E-state index contributed by atoms with van der Waals surface area (Å²) in [4.78, 5) is 23.0. The highest BCUT2D eigenvalue weighted by Crippen LogP contribution is 2.39. The van der Waals surface area contributed by atoms with Gasteiger partial charge in [0.15, 0.2) is 12.2 Å². The Kier molecular flexibility index (Phi) is 7.14. The van der Waals surface area contributed by atoms with Gasteiger partial charge >= 0.3 is 5.97 Å². The van der Waals surface area contributed by atoms with E-state index in [9.17, 15) is 9.18 Å². The maximum absolute atomic E-state index is 13.5. The van der Waals surface area contributed by atoms with E-state index in [2.05, 4.69) is 9.97 Å². The molecule has 1 aliphatic heterocycles. The first kappa shape index (κ1) is 24.5. The average molecular weight is 504 g/mol. The zero-order valence-electron chi connectivity index (χ0n) is 20.5. The van der Waals surface area contributed by atoms with Crippen molar-refractivity contribution in [3.05, 3.63) is 90.1 Å². The number of ether oxygens (including phenoxy) is 4. The van der Waals surface area contributed by atoms with E-state index in [1.54, 1.807) is 73.9 Å². The van der Waals surface area contributed by atoms with Crippen LogP contribution in [0.5, 0.6) is 17.2 Å². The fraction of sp³-hybridized carbons (Fsp3) is 0.250. The molecule has 5 rings (SSSR count). The van der Waals surface area contributed by atoms with Crippen molar-refractivity contribution < 1.29 is 28.1 Å². The van der Waals surface area contributed by atoms with Crippen molar-refractivity contribution in [2.75, 3.05) is 27.2 Å². The van der Waals surface area contributed by atoms with Gasteiger partial charge < -0.3 is 18.9 Å². The zero-order valence-corrected chi connectivity index (χ0v) is 20.5. The number of pyridine rings is 2. The Morgan fingerprint density at radius 1 is 1.11 bits per heavy atom. The first-order valence-corrected chi connectivity index (χ1v) is 11.8. The first-order valence-electron chi connectivity index (χ1n) is 11.8.